The maximum atomic E-state index is 13.0. The number of rotatable bonds is 3. The van der Waals surface area contributed by atoms with Crippen molar-refractivity contribution in [3.8, 4) is 5.75 Å². The van der Waals surface area contributed by atoms with Crippen molar-refractivity contribution in [2.75, 3.05) is 0 Å². The highest BCUT2D eigenvalue weighted by atomic mass is 19.4. The molecule has 0 atom stereocenters. The van der Waals surface area contributed by atoms with E-state index in [9.17, 15) is 13.2 Å². The van der Waals surface area contributed by atoms with Gasteiger partial charge in [0.05, 0.1) is 6.10 Å². The summed E-state index contributed by atoms with van der Waals surface area (Å²) < 4.78 is 44.4. The topological polar surface area (TPSA) is 9.23 Å². The Bertz CT molecular complexity index is 381. The molecule has 0 aromatic heterocycles. The highest BCUT2D eigenvalue weighted by molar-refractivity contribution is 5.44. The van der Waals surface area contributed by atoms with Crippen LogP contribution in [-0.2, 0) is 6.18 Å². The lowest BCUT2D eigenvalue weighted by atomic mass is 9.96. The Balaban J connectivity index is 3.35. The Labute approximate surface area is 99.6 Å². The van der Waals surface area contributed by atoms with Crippen LogP contribution in [0, 0.1) is 0 Å². The van der Waals surface area contributed by atoms with Crippen LogP contribution in [0.3, 0.4) is 0 Å². The van der Waals surface area contributed by atoms with Crippen LogP contribution in [-0.4, -0.2) is 6.10 Å². The molecule has 1 aromatic rings. The molecule has 96 valence electrons. The molecule has 1 aromatic carbocycles. The molecule has 0 radical (unpaired) electrons. The van der Waals surface area contributed by atoms with Gasteiger partial charge in [-0.3, -0.25) is 0 Å². The van der Waals surface area contributed by atoms with E-state index in [1.165, 1.54) is 12.1 Å². The lowest BCUT2D eigenvalue weighted by Crippen LogP contribution is -2.15. The first-order chi connectivity index (χ1) is 7.73. The van der Waals surface area contributed by atoms with Gasteiger partial charge < -0.3 is 4.74 Å². The number of ether oxygens (including phenoxy) is 1. The van der Waals surface area contributed by atoms with Crippen LogP contribution in [0.4, 0.5) is 13.2 Å². The molecule has 17 heavy (non-hydrogen) atoms. The molecule has 0 N–H and O–H groups in total. The van der Waals surface area contributed by atoms with Gasteiger partial charge in [0.15, 0.2) is 0 Å². The zero-order valence-electron chi connectivity index (χ0n) is 10.4. The summed E-state index contributed by atoms with van der Waals surface area (Å²) in [5.41, 5.74) is -0.376. The largest absolute Gasteiger partial charge is 0.490 e. The Morgan fingerprint density at radius 2 is 1.65 bits per heavy atom. The van der Waals surface area contributed by atoms with Gasteiger partial charge in [0.2, 0.25) is 0 Å². The smallest absolute Gasteiger partial charge is 0.420 e. The van der Waals surface area contributed by atoms with Crippen LogP contribution in [0.25, 0.3) is 0 Å². The molecule has 0 unspecified atom stereocenters. The first-order valence-corrected chi connectivity index (χ1v) is 5.60. The molecule has 4 heteroatoms. The zero-order chi connectivity index (χ0) is 13.2. The third-order valence-corrected chi connectivity index (χ3v) is 2.33. The van der Waals surface area contributed by atoms with Crippen molar-refractivity contribution in [1.29, 1.82) is 0 Å². The molecule has 0 aliphatic heterocycles. The second kappa shape index (κ2) is 4.98. The van der Waals surface area contributed by atoms with Gasteiger partial charge in [-0.25, -0.2) is 0 Å². The van der Waals surface area contributed by atoms with Crippen molar-refractivity contribution in [1.82, 2.24) is 0 Å². The minimum Gasteiger partial charge on any atom is -0.490 e. The zero-order valence-corrected chi connectivity index (χ0v) is 10.4. The van der Waals surface area contributed by atoms with E-state index in [2.05, 4.69) is 0 Å². The summed E-state index contributed by atoms with van der Waals surface area (Å²) in [4.78, 5) is 0. The molecule has 0 heterocycles. The van der Waals surface area contributed by atoms with E-state index in [-0.39, 0.29) is 23.3 Å². The van der Waals surface area contributed by atoms with E-state index >= 15 is 0 Å². The summed E-state index contributed by atoms with van der Waals surface area (Å²) in [6, 6.07) is 4.47. The van der Waals surface area contributed by atoms with Crippen molar-refractivity contribution < 1.29 is 17.9 Å². The van der Waals surface area contributed by atoms with Crippen LogP contribution >= 0.6 is 0 Å². The first kappa shape index (κ1) is 13.9. The van der Waals surface area contributed by atoms with Crippen LogP contribution < -0.4 is 4.74 Å². The highest BCUT2D eigenvalue weighted by Crippen LogP contribution is 2.41. The third-order valence-electron chi connectivity index (χ3n) is 2.33. The summed E-state index contributed by atoms with van der Waals surface area (Å²) in [5.74, 6) is -0.277. The predicted molar refractivity (Wildman–Crippen MR) is 61.3 cm³/mol. The van der Waals surface area contributed by atoms with Crippen LogP contribution in [0.5, 0.6) is 5.75 Å². The van der Waals surface area contributed by atoms with Gasteiger partial charge in [-0.2, -0.15) is 13.2 Å². The molecule has 0 amide bonds. The van der Waals surface area contributed by atoms with Crippen molar-refractivity contribution in [3.05, 3.63) is 29.3 Å². The molecule has 0 fully saturated rings. The van der Waals surface area contributed by atoms with Gasteiger partial charge in [0.25, 0.3) is 0 Å². The van der Waals surface area contributed by atoms with Crippen molar-refractivity contribution in [2.24, 2.45) is 0 Å². The van der Waals surface area contributed by atoms with E-state index in [0.717, 1.165) is 0 Å². The van der Waals surface area contributed by atoms with Crippen LogP contribution in [0.1, 0.15) is 44.7 Å². The number of hydrogen-bond donors (Lipinski definition) is 0. The highest BCUT2D eigenvalue weighted by Gasteiger charge is 2.37. The summed E-state index contributed by atoms with van der Waals surface area (Å²) in [6.45, 7) is 6.90. The molecular formula is C13H17F3O. The summed E-state index contributed by atoms with van der Waals surface area (Å²) in [7, 11) is 0. The van der Waals surface area contributed by atoms with Gasteiger partial charge in [-0.1, -0.05) is 26.0 Å². The van der Waals surface area contributed by atoms with Crippen molar-refractivity contribution >= 4 is 0 Å². The lowest BCUT2D eigenvalue weighted by molar-refractivity contribution is -0.139. The molecule has 1 nitrogen and oxygen atoms in total. The first-order valence-electron chi connectivity index (χ1n) is 5.60. The normalized spacial score (nSPS) is 12.3. The maximum Gasteiger partial charge on any atom is 0.420 e. The number of hydrogen-bond acceptors (Lipinski definition) is 1. The van der Waals surface area contributed by atoms with E-state index in [4.69, 9.17) is 4.74 Å². The van der Waals surface area contributed by atoms with Crippen molar-refractivity contribution in [3.63, 3.8) is 0 Å². The van der Waals surface area contributed by atoms with Gasteiger partial charge in [0, 0.05) is 0 Å². The lowest BCUT2D eigenvalue weighted by Gasteiger charge is -2.21. The monoisotopic (exact) mass is 246 g/mol. The molecular weight excluding hydrogens is 229 g/mol. The molecule has 0 bridgehead atoms. The molecule has 1 rings (SSSR count). The molecule has 0 aliphatic carbocycles. The Morgan fingerprint density at radius 3 is 2.06 bits per heavy atom. The van der Waals surface area contributed by atoms with Gasteiger partial charge >= 0.3 is 6.18 Å². The van der Waals surface area contributed by atoms with Crippen LogP contribution in [0.15, 0.2) is 18.2 Å². The maximum absolute atomic E-state index is 13.0. The average molecular weight is 246 g/mol. The second-order valence-electron chi connectivity index (χ2n) is 4.54. The molecule has 0 saturated heterocycles. The van der Waals surface area contributed by atoms with Gasteiger partial charge in [0.1, 0.15) is 11.3 Å². The van der Waals surface area contributed by atoms with E-state index in [0.29, 0.717) is 0 Å². The number of benzene rings is 1. The van der Waals surface area contributed by atoms with E-state index in [1.807, 2.05) is 0 Å². The summed E-state index contributed by atoms with van der Waals surface area (Å²) >= 11 is 0. The average Bonchev–Trinajstić information content (AvgIpc) is 2.14. The van der Waals surface area contributed by atoms with E-state index < -0.39 is 11.7 Å². The molecule has 0 aliphatic rings. The van der Waals surface area contributed by atoms with Crippen LogP contribution in [0.2, 0.25) is 0 Å². The summed E-state index contributed by atoms with van der Waals surface area (Å²) in [6.07, 6.45) is -4.66. The number of alkyl halides is 3. The molecule has 0 saturated carbocycles. The Morgan fingerprint density at radius 1 is 1.06 bits per heavy atom. The standard InChI is InChI=1S/C13H17F3O/c1-8(2)10-6-5-7-11(17-9(3)4)12(10)13(14,15)16/h5-9H,1-4H3. The quantitative estimate of drug-likeness (QED) is 0.756. The predicted octanol–water partition coefficient (Wildman–Crippen LogP) is 4.62. The number of halogens is 3. The van der Waals surface area contributed by atoms with E-state index in [1.54, 1.807) is 33.8 Å². The Kier molecular flexibility index (Phi) is 4.07. The van der Waals surface area contributed by atoms with Gasteiger partial charge in [-0.15, -0.1) is 0 Å². The SMILES string of the molecule is CC(C)Oc1cccc(C(C)C)c1C(F)(F)F. The van der Waals surface area contributed by atoms with Gasteiger partial charge in [-0.05, 0) is 31.4 Å². The summed E-state index contributed by atoms with van der Waals surface area (Å²) in [5, 5.41) is 0. The third kappa shape index (κ3) is 3.38. The fraction of sp³-hybridized carbons (Fsp3) is 0.538. The second-order valence-corrected chi connectivity index (χ2v) is 4.54. The van der Waals surface area contributed by atoms with Crippen molar-refractivity contribution in [2.45, 2.75) is 45.9 Å². The Hall–Kier alpha value is -1.19. The minimum atomic E-state index is -4.38. The minimum absolute atomic E-state index is 0.0845. The fourth-order valence-electron chi connectivity index (χ4n) is 1.68. The molecule has 0 spiro atoms. The fourth-order valence-corrected chi connectivity index (χ4v) is 1.68.